The second kappa shape index (κ2) is 5.98. The van der Waals surface area contributed by atoms with Crippen molar-refractivity contribution in [3.05, 3.63) is 20.8 Å². The molecule has 1 saturated heterocycles. The fourth-order valence-corrected chi connectivity index (χ4v) is 3.15. The van der Waals surface area contributed by atoms with Gasteiger partial charge in [0.05, 0.1) is 16.3 Å². The molecule has 0 radical (unpaired) electrons. The molecule has 1 aromatic rings. The number of hydrogen-bond donors (Lipinski definition) is 0. The van der Waals surface area contributed by atoms with Gasteiger partial charge in [-0.3, -0.25) is 4.79 Å². The van der Waals surface area contributed by atoms with Crippen LogP contribution in [-0.2, 0) is 16.1 Å². The van der Waals surface area contributed by atoms with Gasteiger partial charge in [0.2, 0.25) is 5.91 Å². The first kappa shape index (κ1) is 13.1. The minimum Gasteiger partial charge on any atom is -0.378 e. The summed E-state index contributed by atoms with van der Waals surface area (Å²) in [4.78, 5) is 13.7. The Morgan fingerprint density at radius 3 is 3.12 bits per heavy atom. The number of halogens is 1. The number of thiophene rings is 1. The molecule has 0 saturated carbocycles. The van der Waals surface area contributed by atoms with Crippen molar-refractivity contribution in [1.82, 2.24) is 4.90 Å². The van der Waals surface area contributed by atoms with Gasteiger partial charge in [-0.2, -0.15) is 0 Å². The maximum absolute atomic E-state index is 11.9. The van der Waals surface area contributed by atoms with E-state index >= 15 is 0 Å². The average Bonchev–Trinajstić information content (AvgIpc) is 2.90. The summed E-state index contributed by atoms with van der Waals surface area (Å²) in [6, 6.07) is 2.06. The standard InChI is InChI=1S/C12H16BrNO2S/c1-14(7-9-5-11(13)17-8-9)12(15)6-10-3-2-4-16-10/h5,8,10H,2-4,6-7H2,1H3. The van der Waals surface area contributed by atoms with E-state index in [9.17, 15) is 4.79 Å². The zero-order chi connectivity index (χ0) is 12.3. The summed E-state index contributed by atoms with van der Waals surface area (Å²) in [5, 5.41) is 2.07. The number of amides is 1. The molecular formula is C12H16BrNO2S. The molecule has 0 bridgehead atoms. The molecule has 2 heterocycles. The first-order valence-electron chi connectivity index (χ1n) is 5.73. The minimum atomic E-state index is 0.138. The summed E-state index contributed by atoms with van der Waals surface area (Å²) in [5.74, 6) is 0.166. The first-order valence-corrected chi connectivity index (χ1v) is 7.41. The molecule has 2 rings (SSSR count). The van der Waals surface area contributed by atoms with Gasteiger partial charge in [0.15, 0.2) is 0 Å². The Morgan fingerprint density at radius 2 is 2.53 bits per heavy atom. The molecule has 0 spiro atoms. The van der Waals surface area contributed by atoms with Crippen molar-refractivity contribution >= 4 is 33.2 Å². The normalized spacial score (nSPS) is 19.5. The summed E-state index contributed by atoms with van der Waals surface area (Å²) in [6.07, 6.45) is 2.75. The second-order valence-electron chi connectivity index (χ2n) is 4.35. The van der Waals surface area contributed by atoms with Crippen LogP contribution in [-0.4, -0.2) is 30.6 Å². The monoisotopic (exact) mass is 317 g/mol. The van der Waals surface area contributed by atoms with Crippen LogP contribution in [0.25, 0.3) is 0 Å². The summed E-state index contributed by atoms with van der Waals surface area (Å²) >= 11 is 5.07. The van der Waals surface area contributed by atoms with E-state index in [1.807, 2.05) is 7.05 Å². The van der Waals surface area contributed by atoms with Crippen LogP contribution in [0.15, 0.2) is 15.2 Å². The Balaban J connectivity index is 1.82. The molecule has 1 unspecified atom stereocenters. The van der Waals surface area contributed by atoms with Crippen LogP contribution in [0.5, 0.6) is 0 Å². The third kappa shape index (κ3) is 3.79. The Morgan fingerprint density at radius 1 is 1.71 bits per heavy atom. The highest BCUT2D eigenvalue weighted by Gasteiger charge is 2.21. The number of rotatable bonds is 4. The first-order chi connectivity index (χ1) is 8.15. The van der Waals surface area contributed by atoms with Crippen LogP contribution in [0.2, 0.25) is 0 Å². The molecule has 0 aromatic carbocycles. The molecule has 1 fully saturated rings. The SMILES string of the molecule is CN(Cc1csc(Br)c1)C(=O)CC1CCCO1. The van der Waals surface area contributed by atoms with Crippen LogP contribution < -0.4 is 0 Å². The topological polar surface area (TPSA) is 29.5 Å². The largest absolute Gasteiger partial charge is 0.378 e. The van der Waals surface area contributed by atoms with Crippen molar-refractivity contribution in [2.45, 2.75) is 31.9 Å². The van der Waals surface area contributed by atoms with Gasteiger partial charge in [0.25, 0.3) is 0 Å². The predicted molar refractivity (Wildman–Crippen MR) is 72.1 cm³/mol. The van der Waals surface area contributed by atoms with Gasteiger partial charge in [0.1, 0.15) is 0 Å². The van der Waals surface area contributed by atoms with Crippen molar-refractivity contribution in [2.24, 2.45) is 0 Å². The van der Waals surface area contributed by atoms with E-state index in [-0.39, 0.29) is 12.0 Å². The fraction of sp³-hybridized carbons (Fsp3) is 0.583. The van der Waals surface area contributed by atoms with E-state index in [2.05, 4.69) is 27.4 Å². The zero-order valence-corrected chi connectivity index (χ0v) is 12.2. The van der Waals surface area contributed by atoms with Gasteiger partial charge in [-0.05, 0) is 45.8 Å². The summed E-state index contributed by atoms with van der Waals surface area (Å²) in [5.41, 5.74) is 1.17. The van der Waals surface area contributed by atoms with Crippen LogP contribution in [0.3, 0.4) is 0 Å². The summed E-state index contributed by atoms with van der Waals surface area (Å²) in [6.45, 7) is 1.48. The Hall–Kier alpha value is -0.390. The van der Waals surface area contributed by atoms with E-state index in [0.717, 1.165) is 23.2 Å². The molecule has 1 aliphatic heterocycles. The average molecular weight is 318 g/mol. The molecule has 1 amide bonds. The van der Waals surface area contributed by atoms with Crippen molar-refractivity contribution < 1.29 is 9.53 Å². The highest BCUT2D eigenvalue weighted by atomic mass is 79.9. The maximum atomic E-state index is 11.9. The smallest absolute Gasteiger partial charge is 0.225 e. The van der Waals surface area contributed by atoms with Crippen LogP contribution in [0, 0.1) is 0 Å². The molecule has 17 heavy (non-hydrogen) atoms. The van der Waals surface area contributed by atoms with Crippen LogP contribution in [0.1, 0.15) is 24.8 Å². The number of carbonyl (C=O) groups excluding carboxylic acids is 1. The minimum absolute atomic E-state index is 0.138. The second-order valence-corrected chi connectivity index (χ2v) is 6.64. The van der Waals surface area contributed by atoms with Gasteiger partial charge >= 0.3 is 0 Å². The number of ether oxygens (including phenoxy) is 1. The zero-order valence-electron chi connectivity index (χ0n) is 9.82. The van der Waals surface area contributed by atoms with E-state index in [4.69, 9.17) is 4.74 Å². The lowest BCUT2D eigenvalue weighted by Gasteiger charge is -2.18. The molecule has 1 aliphatic rings. The lowest BCUT2D eigenvalue weighted by molar-refractivity contribution is -0.132. The maximum Gasteiger partial charge on any atom is 0.225 e. The Kier molecular flexibility index (Phi) is 4.59. The lowest BCUT2D eigenvalue weighted by atomic mass is 10.1. The van der Waals surface area contributed by atoms with Crippen molar-refractivity contribution in [3.63, 3.8) is 0 Å². The molecule has 5 heteroatoms. The van der Waals surface area contributed by atoms with Crippen molar-refractivity contribution in [3.8, 4) is 0 Å². The van der Waals surface area contributed by atoms with Crippen molar-refractivity contribution in [1.29, 1.82) is 0 Å². The Bertz CT molecular complexity index is 388. The summed E-state index contributed by atoms with van der Waals surface area (Å²) < 4.78 is 6.58. The van der Waals surface area contributed by atoms with Gasteiger partial charge in [0, 0.05) is 20.2 Å². The van der Waals surface area contributed by atoms with E-state index in [1.54, 1.807) is 16.2 Å². The van der Waals surface area contributed by atoms with Crippen molar-refractivity contribution in [2.75, 3.05) is 13.7 Å². The molecular weight excluding hydrogens is 302 g/mol. The Labute approximate surface area is 114 Å². The molecule has 0 aliphatic carbocycles. The molecule has 94 valence electrons. The van der Waals surface area contributed by atoms with Crippen LogP contribution in [0.4, 0.5) is 0 Å². The highest BCUT2D eigenvalue weighted by molar-refractivity contribution is 9.11. The lowest BCUT2D eigenvalue weighted by Crippen LogP contribution is -2.29. The van der Waals surface area contributed by atoms with Gasteiger partial charge in [-0.15, -0.1) is 11.3 Å². The quantitative estimate of drug-likeness (QED) is 0.854. The highest BCUT2D eigenvalue weighted by Crippen LogP contribution is 2.22. The third-order valence-electron chi connectivity index (χ3n) is 2.89. The van der Waals surface area contributed by atoms with Gasteiger partial charge in [-0.1, -0.05) is 0 Å². The summed E-state index contributed by atoms with van der Waals surface area (Å²) in [7, 11) is 1.85. The number of nitrogens with zero attached hydrogens (tertiary/aromatic N) is 1. The third-order valence-corrected chi connectivity index (χ3v) is 4.45. The van der Waals surface area contributed by atoms with E-state index in [1.165, 1.54) is 5.56 Å². The molecule has 1 aromatic heterocycles. The molecule has 3 nitrogen and oxygen atoms in total. The van der Waals surface area contributed by atoms with Gasteiger partial charge in [-0.25, -0.2) is 0 Å². The molecule has 1 atom stereocenters. The van der Waals surface area contributed by atoms with E-state index in [0.29, 0.717) is 13.0 Å². The molecule has 0 N–H and O–H groups in total. The van der Waals surface area contributed by atoms with E-state index < -0.39 is 0 Å². The van der Waals surface area contributed by atoms with Gasteiger partial charge < -0.3 is 9.64 Å². The van der Waals surface area contributed by atoms with Crippen LogP contribution >= 0.6 is 27.3 Å². The predicted octanol–water partition coefficient (Wildman–Crippen LogP) is 3.04. The number of hydrogen-bond acceptors (Lipinski definition) is 3. The fourth-order valence-electron chi connectivity index (χ4n) is 1.95. The number of carbonyl (C=O) groups is 1.